The zero-order valence-electron chi connectivity index (χ0n) is 10.5. The number of aromatic amines is 1. The second-order valence-corrected chi connectivity index (χ2v) is 5.30. The fraction of sp³-hybridized carbons (Fsp3) is 0.133. The van der Waals surface area contributed by atoms with E-state index >= 15 is 0 Å². The molecule has 1 aliphatic rings. The maximum Gasteiger partial charge on any atom is 0.314 e. The molecule has 0 radical (unpaired) electrons. The average molecular weight is 289 g/mol. The van der Waals surface area contributed by atoms with Crippen molar-refractivity contribution in [1.82, 2.24) is 4.98 Å². The number of hydrogen-bond acceptors (Lipinski definition) is 2. The summed E-state index contributed by atoms with van der Waals surface area (Å²) in [6, 6.07) is 7.63. The van der Waals surface area contributed by atoms with Crippen molar-refractivity contribution in [2.75, 3.05) is 0 Å². The molecule has 0 spiro atoms. The number of allylic oxidation sites excluding steroid dienone is 2. The molecule has 2 aromatic rings. The Morgan fingerprint density at radius 3 is 2.90 bits per heavy atom. The fourth-order valence-electron chi connectivity index (χ4n) is 2.72. The Kier molecular flexibility index (Phi) is 2.92. The number of hydrogen-bond donors (Lipinski definition) is 3. The third-order valence-corrected chi connectivity index (χ3v) is 4.03. The Bertz CT molecular complexity index is 747. The van der Waals surface area contributed by atoms with Gasteiger partial charge >= 0.3 is 5.97 Å². The number of carboxylic acid groups (broad SMARTS) is 1. The van der Waals surface area contributed by atoms with Crippen molar-refractivity contribution in [2.24, 2.45) is 11.7 Å². The number of fused-ring (bicyclic) bond motifs is 1. The van der Waals surface area contributed by atoms with E-state index in [1.54, 1.807) is 24.4 Å². The number of rotatable bonds is 2. The van der Waals surface area contributed by atoms with Crippen LogP contribution < -0.4 is 5.73 Å². The summed E-state index contributed by atoms with van der Waals surface area (Å²) >= 11 is 6.07. The number of carbonyl (C=O) groups is 1. The summed E-state index contributed by atoms with van der Waals surface area (Å²) in [5.41, 5.74) is 6.88. The Morgan fingerprint density at radius 1 is 1.40 bits per heavy atom. The first-order chi connectivity index (χ1) is 9.54. The Hall–Kier alpha value is -2.04. The molecule has 4 nitrogen and oxygen atoms in total. The first kappa shape index (κ1) is 13.0. The molecule has 5 heteroatoms. The third-order valence-electron chi connectivity index (χ3n) is 3.68. The van der Waals surface area contributed by atoms with Gasteiger partial charge in [0.15, 0.2) is 0 Å². The van der Waals surface area contributed by atoms with Crippen molar-refractivity contribution in [3.05, 3.63) is 59.3 Å². The van der Waals surface area contributed by atoms with Crippen LogP contribution >= 0.6 is 11.6 Å². The van der Waals surface area contributed by atoms with Crippen LogP contribution in [0.15, 0.2) is 53.7 Å². The lowest BCUT2D eigenvalue weighted by molar-refractivity contribution is -0.141. The van der Waals surface area contributed by atoms with Crippen LogP contribution in [0, 0.1) is 5.92 Å². The second-order valence-electron chi connectivity index (χ2n) is 4.86. The molecule has 4 N–H and O–H groups in total. The van der Waals surface area contributed by atoms with Gasteiger partial charge in [-0.15, -0.1) is 0 Å². The minimum Gasteiger partial charge on any atom is -0.481 e. The van der Waals surface area contributed by atoms with Crippen LogP contribution in [0.4, 0.5) is 0 Å². The van der Waals surface area contributed by atoms with E-state index in [-0.39, 0.29) is 5.03 Å². The number of halogens is 1. The molecule has 2 atom stereocenters. The molecule has 102 valence electrons. The van der Waals surface area contributed by atoms with E-state index in [4.69, 9.17) is 17.3 Å². The Morgan fingerprint density at radius 2 is 2.15 bits per heavy atom. The highest BCUT2D eigenvalue weighted by atomic mass is 35.5. The number of nitrogens with one attached hydrogen (secondary N) is 1. The lowest BCUT2D eigenvalue weighted by Crippen LogP contribution is -2.47. The summed E-state index contributed by atoms with van der Waals surface area (Å²) in [7, 11) is 0. The molecule has 1 aromatic heterocycles. The highest BCUT2D eigenvalue weighted by Gasteiger charge is 2.44. The van der Waals surface area contributed by atoms with Crippen LogP contribution in [0.3, 0.4) is 0 Å². The van der Waals surface area contributed by atoms with Crippen LogP contribution in [-0.4, -0.2) is 16.1 Å². The van der Waals surface area contributed by atoms with E-state index in [0.717, 1.165) is 16.5 Å². The van der Waals surface area contributed by atoms with E-state index in [1.807, 2.05) is 24.3 Å². The molecule has 20 heavy (non-hydrogen) atoms. The smallest absolute Gasteiger partial charge is 0.314 e. The molecule has 1 aromatic carbocycles. The molecule has 0 saturated heterocycles. The zero-order valence-corrected chi connectivity index (χ0v) is 11.3. The summed E-state index contributed by atoms with van der Waals surface area (Å²) < 4.78 is 0. The highest BCUT2D eigenvalue weighted by molar-refractivity contribution is 6.31. The number of carboxylic acids is 1. The van der Waals surface area contributed by atoms with Crippen molar-refractivity contribution >= 4 is 28.5 Å². The first-order valence-corrected chi connectivity index (χ1v) is 6.55. The maximum absolute atomic E-state index is 11.6. The van der Waals surface area contributed by atoms with Gasteiger partial charge in [-0.1, -0.05) is 42.0 Å². The minimum absolute atomic E-state index is 0.229. The number of benzene rings is 1. The molecular formula is C15H13ClN2O2. The van der Waals surface area contributed by atoms with E-state index in [0.29, 0.717) is 0 Å². The van der Waals surface area contributed by atoms with Crippen LogP contribution in [0.25, 0.3) is 10.9 Å². The third kappa shape index (κ3) is 1.77. The molecule has 3 rings (SSSR count). The van der Waals surface area contributed by atoms with Gasteiger partial charge in [0.2, 0.25) is 0 Å². The van der Waals surface area contributed by atoms with Gasteiger partial charge in [-0.25, -0.2) is 0 Å². The van der Waals surface area contributed by atoms with Crippen molar-refractivity contribution < 1.29 is 9.90 Å². The van der Waals surface area contributed by atoms with Gasteiger partial charge in [-0.05, 0) is 12.1 Å². The van der Waals surface area contributed by atoms with Crippen molar-refractivity contribution in [1.29, 1.82) is 0 Å². The van der Waals surface area contributed by atoms with Gasteiger partial charge in [-0.3, -0.25) is 4.79 Å². The second kappa shape index (κ2) is 4.51. The summed E-state index contributed by atoms with van der Waals surface area (Å²) in [6.45, 7) is 0. The van der Waals surface area contributed by atoms with Gasteiger partial charge in [0, 0.05) is 27.7 Å². The summed E-state index contributed by atoms with van der Waals surface area (Å²) in [4.78, 5) is 14.7. The summed E-state index contributed by atoms with van der Waals surface area (Å²) in [5, 5.41) is 10.6. The number of nitrogens with two attached hydrogens (primary N) is 1. The van der Waals surface area contributed by atoms with Gasteiger partial charge in [0.25, 0.3) is 0 Å². The topological polar surface area (TPSA) is 79.1 Å². The Balaban J connectivity index is 2.23. The highest BCUT2D eigenvalue weighted by Crippen LogP contribution is 2.41. The molecule has 1 aliphatic carbocycles. The lowest BCUT2D eigenvalue weighted by Gasteiger charge is -2.34. The van der Waals surface area contributed by atoms with Crippen LogP contribution in [0.1, 0.15) is 5.56 Å². The maximum atomic E-state index is 11.6. The predicted octanol–water partition coefficient (Wildman–Crippen LogP) is 2.72. The molecule has 0 aliphatic heterocycles. The summed E-state index contributed by atoms with van der Waals surface area (Å²) in [6.07, 6.45) is 6.71. The quantitative estimate of drug-likeness (QED) is 0.795. The largest absolute Gasteiger partial charge is 0.481 e. The molecule has 2 unspecified atom stereocenters. The summed E-state index contributed by atoms with van der Waals surface area (Å²) in [5.74, 6) is -2.03. The Labute approximate surface area is 120 Å². The monoisotopic (exact) mass is 288 g/mol. The van der Waals surface area contributed by atoms with E-state index in [9.17, 15) is 9.90 Å². The van der Waals surface area contributed by atoms with Gasteiger partial charge in [0.1, 0.15) is 5.92 Å². The molecule has 0 bridgehead atoms. The number of aliphatic carboxylic acids is 1. The number of aromatic nitrogens is 1. The van der Waals surface area contributed by atoms with Gasteiger partial charge in [0.05, 0.1) is 5.54 Å². The molecule has 0 saturated carbocycles. The van der Waals surface area contributed by atoms with Crippen molar-refractivity contribution in [3.8, 4) is 0 Å². The van der Waals surface area contributed by atoms with Gasteiger partial charge < -0.3 is 15.8 Å². The van der Waals surface area contributed by atoms with Crippen molar-refractivity contribution in [3.63, 3.8) is 0 Å². The van der Waals surface area contributed by atoms with Gasteiger partial charge in [-0.2, -0.15) is 0 Å². The molecule has 0 amide bonds. The lowest BCUT2D eigenvalue weighted by atomic mass is 9.76. The SMILES string of the molecule is NC1(c2c[nH]c3ccccc23)C=CC=C(Cl)C1C(=O)O. The standard InChI is InChI=1S/C15H13ClN2O2/c16-11-5-3-7-15(17,13(11)14(19)20)10-8-18-12-6-2-1-4-9(10)12/h1-8,13,18H,17H2,(H,19,20). The minimum atomic E-state index is -1.17. The zero-order chi connectivity index (χ0) is 14.3. The average Bonchev–Trinajstić information content (AvgIpc) is 2.82. The predicted molar refractivity (Wildman–Crippen MR) is 78.4 cm³/mol. The molecule has 0 fully saturated rings. The van der Waals surface area contributed by atoms with Crippen LogP contribution in [-0.2, 0) is 10.3 Å². The normalized spacial score (nSPS) is 25.7. The first-order valence-electron chi connectivity index (χ1n) is 6.17. The molecule has 1 heterocycles. The van der Waals surface area contributed by atoms with E-state index < -0.39 is 17.4 Å². The van der Waals surface area contributed by atoms with Crippen molar-refractivity contribution in [2.45, 2.75) is 5.54 Å². The fourth-order valence-corrected chi connectivity index (χ4v) is 3.06. The van der Waals surface area contributed by atoms with E-state index in [1.165, 1.54) is 0 Å². The molecular weight excluding hydrogens is 276 g/mol. The number of H-pyrrole nitrogens is 1. The van der Waals surface area contributed by atoms with Crippen LogP contribution in [0.5, 0.6) is 0 Å². The van der Waals surface area contributed by atoms with Crippen LogP contribution in [0.2, 0.25) is 0 Å². The van der Waals surface area contributed by atoms with E-state index in [2.05, 4.69) is 4.98 Å². The number of para-hydroxylation sites is 1.